The van der Waals surface area contributed by atoms with Crippen LogP contribution >= 0.6 is 0 Å². The maximum Gasteiger partial charge on any atom is 0.126 e. The number of aryl methyl sites for hydroxylation is 1. The minimum Gasteiger partial charge on any atom is -0.367 e. The summed E-state index contributed by atoms with van der Waals surface area (Å²) in [5.41, 5.74) is 2.98. The van der Waals surface area contributed by atoms with Crippen molar-refractivity contribution in [3.63, 3.8) is 0 Å². The van der Waals surface area contributed by atoms with Crippen LogP contribution in [0.25, 0.3) is 0 Å². The zero-order valence-electron chi connectivity index (χ0n) is 9.76. The number of hydrogen-bond acceptors (Lipinski definition) is 2. The molecule has 2 aromatic rings. The number of aromatic nitrogens is 1. The van der Waals surface area contributed by atoms with Crippen LogP contribution in [0.3, 0.4) is 0 Å². The summed E-state index contributed by atoms with van der Waals surface area (Å²) in [5, 5.41) is 3.51. The third-order valence-electron chi connectivity index (χ3n) is 3.36. The van der Waals surface area contributed by atoms with E-state index in [0.29, 0.717) is 6.04 Å². The molecule has 0 spiro atoms. The smallest absolute Gasteiger partial charge is 0.126 e. The molecule has 17 heavy (non-hydrogen) atoms. The minimum absolute atomic E-state index is 0.514. The lowest BCUT2D eigenvalue weighted by Crippen LogP contribution is -2.27. The van der Waals surface area contributed by atoms with Crippen LogP contribution in [0.1, 0.15) is 17.5 Å². The van der Waals surface area contributed by atoms with Gasteiger partial charge in [0.05, 0.1) is 0 Å². The Kier molecular flexibility index (Phi) is 2.78. The van der Waals surface area contributed by atoms with Gasteiger partial charge in [0.15, 0.2) is 0 Å². The topological polar surface area (TPSA) is 24.9 Å². The lowest BCUT2D eigenvalue weighted by atomic mass is 9.88. The van der Waals surface area contributed by atoms with E-state index >= 15 is 0 Å². The zero-order valence-corrected chi connectivity index (χ0v) is 9.76. The van der Waals surface area contributed by atoms with Gasteiger partial charge in [0, 0.05) is 12.2 Å². The van der Waals surface area contributed by atoms with Crippen LogP contribution in [0.4, 0.5) is 5.82 Å². The van der Waals surface area contributed by atoms with Crippen molar-refractivity contribution in [3.8, 4) is 0 Å². The second-order valence-electron chi connectivity index (χ2n) is 4.57. The molecular formula is C15H16N2. The van der Waals surface area contributed by atoms with Crippen LogP contribution in [0.5, 0.6) is 0 Å². The number of nitrogens with one attached hydrogen (secondary N) is 1. The molecular weight excluding hydrogens is 208 g/mol. The summed E-state index contributed by atoms with van der Waals surface area (Å²) in [4.78, 5) is 4.32. The first-order valence-electron chi connectivity index (χ1n) is 6.16. The van der Waals surface area contributed by atoms with E-state index in [0.717, 1.165) is 12.2 Å². The van der Waals surface area contributed by atoms with Crippen LogP contribution < -0.4 is 5.32 Å². The quantitative estimate of drug-likeness (QED) is 0.848. The van der Waals surface area contributed by atoms with Gasteiger partial charge < -0.3 is 5.32 Å². The Morgan fingerprint density at radius 2 is 1.82 bits per heavy atom. The maximum absolute atomic E-state index is 4.32. The molecule has 1 aromatic heterocycles. The number of anilines is 1. The first-order chi connectivity index (χ1) is 8.42. The number of pyridine rings is 1. The van der Waals surface area contributed by atoms with E-state index in [1.54, 1.807) is 0 Å². The molecule has 1 aliphatic carbocycles. The van der Waals surface area contributed by atoms with Gasteiger partial charge in [0.25, 0.3) is 0 Å². The molecule has 0 saturated carbocycles. The Bertz CT molecular complexity index is 493. The molecule has 0 radical (unpaired) electrons. The summed E-state index contributed by atoms with van der Waals surface area (Å²) in [6.07, 6.45) is 5.29. The number of hydrogen-bond donors (Lipinski definition) is 1. The molecule has 1 N–H and O–H groups in total. The second-order valence-corrected chi connectivity index (χ2v) is 4.57. The van der Waals surface area contributed by atoms with E-state index in [4.69, 9.17) is 0 Å². The highest BCUT2D eigenvalue weighted by Crippen LogP contribution is 2.22. The third kappa shape index (κ3) is 2.31. The molecule has 0 bridgehead atoms. The van der Waals surface area contributed by atoms with E-state index in [1.807, 2.05) is 24.4 Å². The molecule has 2 nitrogen and oxygen atoms in total. The van der Waals surface area contributed by atoms with Crippen molar-refractivity contribution in [1.29, 1.82) is 0 Å². The van der Waals surface area contributed by atoms with E-state index < -0.39 is 0 Å². The minimum atomic E-state index is 0.514. The van der Waals surface area contributed by atoms with Gasteiger partial charge in [0.2, 0.25) is 0 Å². The number of nitrogens with zero attached hydrogens (tertiary/aromatic N) is 1. The fraction of sp³-hybridized carbons (Fsp3) is 0.267. The summed E-state index contributed by atoms with van der Waals surface area (Å²) in [6, 6.07) is 15.2. The molecule has 1 atom stereocenters. The maximum atomic E-state index is 4.32. The molecule has 0 unspecified atom stereocenters. The van der Waals surface area contributed by atoms with Gasteiger partial charge in [-0.2, -0.15) is 0 Å². The van der Waals surface area contributed by atoms with Crippen LogP contribution in [0, 0.1) is 0 Å². The van der Waals surface area contributed by atoms with Crippen molar-refractivity contribution in [3.05, 3.63) is 59.8 Å². The highest BCUT2D eigenvalue weighted by atomic mass is 15.0. The standard InChI is InChI=1S/C15H16N2/c1-2-6-13-11-14(9-8-12(13)5-1)17-15-7-3-4-10-16-15/h1-7,10,14H,8-9,11H2,(H,16,17)/t14-/m1/s1. The first kappa shape index (κ1) is 10.3. The molecule has 86 valence electrons. The van der Waals surface area contributed by atoms with Crippen LogP contribution in [-0.4, -0.2) is 11.0 Å². The SMILES string of the molecule is c1ccc(N[C@@H]2CCc3ccccc3C2)nc1. The van der Waals surface area contributed by atoms with Crippen LogP contribution in [0.2, 0.25) is 0 Å². The second kappa shape index (κ2) is 4.58. The molecule has 1 aliphatic rings. The fourth-order valence-electron chi connectivity index (χ4n) is 2.48. The molecule has 0 saturated heterocycles. The number of benzene rings is 1. The van der Waals surface area contributed by atoms with E-state index in [2.05, 4.69) is 34.6 Å². The van der Waals surface area contributed by atoms with Gasteiger partial charge in [0.1, 0.15) is 5.82 Å². The molecule has 0 aliphatic heterocycles. The molecule has 2 heteroatoms. The highest BCUT2D eigenvalue weighted by molar-refractivity contribution is 5.38. The van der Waals surface area contributed by atoms with E-state index in [-0.39, 0.29) is 0 Å². The zero-order chi connectivity index (χ0) is 11.5. The van der Waals surface area contributed by atoms with Crippen molar-refractivity contribution >= 4 is 5.82 Å². The normalized spacial score (nSPS) is 18.5. The Labute approximate surface area is 102 Å². The summed E-state index contributed by atoms with van der Waals surface area (Å²) < 4.78 is 0. The van der Waals surface area contributed by atoms with Gasteiger partial charge >= 0.3 is 0 Å². The molecule has 0 fully saturated rings. The molecule has 1 aromatic carbocycles. The van der Waals surface area contributed by atoms with Crippen LogP contribution in [0.15, 0.2) is 48.7 Å². The van der Waals surface area contributed by atoms with Crippen LogP contribution in [-0.2, 0) is 12.8 Å². The summed E-state index contributed by atoms with van der Waals surface area (Å²) in [5.74, 6) is 0.983. The molecule has 0 amide bonds. The van der Waals surface area contributed by atoms with Gasteiger partial charge in [-0.15, -0.1) is 0 Å². The monoisotopic (exact) mass is 224 g/mol. The summed E-state index contributed by atoms with van der Waals surface area (Å²) >= 11 is 0. The van der Waals surface area contributed by atoms with Gasteiger partial charge in [-0.3, -0.25) is 0 Å². The number of rotatable bonds is 2. The van der Waals surface area contributed by atoms with E-state index in [1.165, 1.54) is 24.0 Å². The highest BCUT2D eigenvalue weighted by Gasteiger charge is 2.17. The lowest BCUT2D eigenvalue weighted by Gasteiger charge is -2.25. The van der Waals surface area contributed by atoms with Gasteiger partial charge in [-0.25, -0.2) is 4.98 Å². The van der Waals surface area contributed by atoms with Crippen molar-refractivity contribution in [2.75, 3.05) is 5.32 Å². The predicted molar refractivity (Wildman–Crippen MR) is 70.1 cm³/mol. The van der Waals surface area contributed by atoms with E-state index in [9.17, 15) is 0 Å². The van der Waals surface area contributed by atoms with Gasteiger partial charge in [-0.1, -0.05) is 30.3 Å². The summed E-state index contributed by atoms with van der Waals surface area (Å²) in [7, 11) is 0. The Hall–Kier alpha value is -1.83. The predicted octanol–water partition coefficient (Wildman–Crippen LogP) is 3.05. The molecule has 1 heterocycles. The van der Waals surface area contributed by atoms with Gasteiger partial charge in [-0.05, 0) is 42.5 Å². The largest absolute Gasteiger partial charge is 0.367 e. The Morgan fingerprint density at radius 1 is 1.00 bits per heavy atom. The summed E-state index contributed by atoms with van der Waals surface area (Å²) in [6.45, 7) is 0. The average Bonchev–Trinajstić information content (AvgIpc) is 2.40. The van der Waals surface area contributed by atoms with Crippen molar-refractivity contribution in [2.45, 2.75) is 25.3 Å². The molecule has 3 rings (SSSR count). The fourth-order valence-corrected chi connectivity index (χ4v) is 2.48. The first-order valence-corrected chi connectivity index (χ1v) is 6.16. The third-order valence-corrected chi connectivity index (χ3v) is 3.36. The van der Waals surface area contributed by atoms with Crippen molar-refractivity contribution < 1.29 is 0 Å². The average molecular weight is 224 g/mol. The lowest BCUT2D eigenvalue weighted by molar-refractivity contribution is 0.609. The number of fused-ring (bicyclic) bond motifs is 1. The Morgan fingerprint density at radius 3 is 2.65 bits per heavy atom. The Balaban J connectivity index is 1.72. The van der Waals surface area contributed by atoms with Crippen molar-refractivity contribution in [1.82, 2.24) is 4.98 Å². The van der Waals surface area contributed by atoms with Crippen molar-refractivity contribution in [2.24, 2.45) is 0 Å².